The van der Waals surface area contributed by atoms with Crippen LogP contribution in [0.4, 0.5) is 0 Å². The van der Waals surface area contributed by atoms with Gasteiger partial charge in [0.1, 0.15) is 0 Å². The molecular weight excluding hydrogens is 200 g/mol. The maximum absolute atomic E-state index is 8.77. The highest BCUT2D eigenvalue weighted by Gasteiger charge is 2.14. The molecule has 1 aliphatic heterocycles. The fourth-order valence-corrected chi connectivity index (χ4v) is 1.93. The summed E-state index contributed by atoms with van der Waals surface area (Å²) >= 11 is 0. The van der Waals surface area contributed by atoms with Crippen LogP contribution in [0.25, 0.3) is 0 Å². The first-order valence-corrected chi connectivity index (χ1v) is 5.70. The third-order valence-electron chi connectivity index (χ3n) is 2.78. The highest BCUT2D eigenvalue weighted by molar-refractivity contribution is 5.32. The lowest BCUT2D eigenvalue weighted by atomic mass is 10.1. The van der Waals surface area contributed by atoms with Gasteiger partial charge in [0.2, 0.25) is 0 Å². The smallest absolute Gasteiger partial charge is 0.0991 e. The van der Waals surface area contributed by atoms with Crippen molar-refractivity contribution < 1.29 is 4.74 Å². The van der Waals surface area contributed by atoms with E-state index in [0.29, 0.717) is 6.10 Å². The molecular formula is C13H16N2O. The van der Waals surface area contributed by atoms with E-state index < -0.39 is 0 Å². The van der Waals surface area contributed by atoms with E-state index in [9.17, 15) is 0 Å². The molecule has 3 heteroatoms. The van der Waals surface area contributed by atoms with Gasteiger partial charge >= 0.3 is 0 Å². The molecule has 84 valence electrons. The van der Waals surface area contributed by atoms with Crippen molar-refractivity contribution in [2.45, 2.75) is 25.5 Å². The minimum atomic E-state index is 0.374. The van der Waals surface area contributed by atoms with Gasteiger partial charge in [-0.25, -0.2) is 0 Å². The number of hydrogen-bond donors (Lipinski definition) is 1. The zero-order chi connectivity index (χ0) is 11.2. The average molecular weight is 216 g/mol. The highest BCUT2D eigenvalue weighted by Crippen LogP contribution is 2.11. The number of benzene rings is 1. The minimum Gasteiger partial charge on any atom is -0.377 e. The third-order valence-corrected chi connectivity index (χ3v) is 2.78. The first-order valence-electron chi connectivity index (χ1n) is 5.70. The number of ether oxygens (including phenoxy) is 1. The van der Waals surface area contributed by atoms with Crippen molar-refractivity contribution in [1.29, 1.82) is 5.26 Å². The van der Waals surface area contributed by atoms with Gasteiger partial charge in [-0.3, -0.25) is 0 Å². The summed E-state index contributed by atoms with van der Waals surface area (Å²) in [6.45, 7) is 2.60. The molecule has 0 amide bonds. The molecule has 3 nitrogen and oxygen atoms in total. The zero-order valence-corrected chi connectivity index (χ0v) is 9.28. The summed E-state index contributed by atoms with van der Waals surface area (Å²) in [6.07, 6.45) is 2.71. The lowest BCUT2D eigenvalue weighted by Gasteiger charge is -2.10. The van der Waals surface area contributed by atoms with Crippen LogP contribution < -0.4 is 5.32 Å². The van der Waals surface area contributed by atoms with Crippen molar-refractivity contribution in [3.8, 4) is 6.07 Å². The maximum atomic E-state index is 8.77. The predicted octanol–water partition coefficient (Wildman–Crippen LogP) is 1.83. The lowest BCUT2D eigenvalue weighted by molar-refractivity contribution is 0.110. The minimum absolute atomic E-state index is 0.374. The zero-order valence-electron chi connectivity index (χ0n) is 9.28. The van der Waals surface area contributed by atoms with Crippen LogP contribution in [0.3, 0.4) is 0 Å². The van der Waals surface area contributed by atoms with Crippen LogP contribution >= 0.6 is 0 Å². The summed E-state index contributed by atoms with van der Waals surface area (Å²) in [5, 5.41) is 12.1. The molecule has 0 aliphatic carbocycles. The number of hydrogen-bond acceptors (Lipinski definition) is 3. The van der Waals surface area contributed by atoms with Crippen molar-refractivity contribution in [3.05, 3.63) is 35.4 Å². The number of rotatable bonds is 4. The van der Waals surface area contributed by atoms with Gasteiger partial charge < -0.3 is 10.1 Å². The van der Waals surface area contributed by atoms with E-state index >= 15 is 0 Å². The van der Waals surface area contributed by atoms with E-state index in [0.717, 1.165) is 37.2 Å². The molecule has 0 saturated carbocycles. The Balaban J connectivity index is 1.78. The average Bonchev–Trinajstić information content (AvgIpc) is 2.82. The molecule has 0 spiro atoms. The molecule has 1 atom stereocenters. The van der Waals surface area contributed by atoms with Crippen molar-refractivity contribution in [2.24, 2.45) is 0 Å². The van der Waals surface area contributed by atoms with Gasteiger partial charge in [-0.05, 0) is 30.5 Å². The number of nitriles is 1. The van der Waals surface area contributed by atoms with Crippen molar-refractivity contribution >= 4 is 0 Å². The second kappa shape index (κ2) is 5.64. The highest BCUT2D eigenvalue weighted by atomic mass is 16.5. The molecule has 1 aromatic carbocycles. The largest absolute Gasteiger partial charge is 0.377 e. The van der Waals surface area contributed by atoms with Gasteiger partial charge in [0.25, 0.3) is 0 Å². The van der Waals surface area contributed by atoms with Gasteiger partial charge in [-0.1, -0.05) is 12.1 Å². The van der Waals surface area contributed by atoms with Crippen LogP contribution in [-0.4, -0.2) is 19.3 Å². The third kappa shape index (κ3) is 3.06. The van der Waals surface area contributed by atoms with Gasteiger partial charge in [0, 0.05) is 19.7 Å². The molecule has 1 heterocycles. The molecule has 1 saturated heterocycles. The molecule has 0 radical (unpaired) electrons. The van der Waals surface area contributed by atoms with E-state index in [1.54, 1.807) is 0 Å². The van der Waals surface area contributed by atoms with Gasteiger partial charge in [-0.15, -0.1) is 0 Å². The second-order valence-corrected chi connectivity index (χ2v) is 4.08. The topological polar surface area (TPSA) is 45.0 Å². The molecule has 2 rings (SSSR count). The lowest BCUT2D eigenvalue weighted by Crippen LogP contribution is -2.25. The Bertz CT molecular complexity index is 378. The molecule has 16 heavy (non-hydrogen) atoms. The molecule has 1 unspecified atom stereocenters. The quantitative estimate of drug-likeness (QED) is 0.835. The Morgan fingerprint density at radius 2 is 2.44 bits per heavy atom. The van der Waals surface area contributed by atoms with E-state index in [4.69, 9.17) is 10.00 Å². The Labute approximate surface area is 96.0 Å². The van der Waals surface area contributed by atoms with Crippen LogP contribution in [-0.2, 0) is 11.3 Å². The fraction of sp³-hybridized carbons (Fsp3) is 0.462. The van der Waals surface area contributed by atoms with Crippen LogP contribution in [0, 0.1) is 11.3 Å². The standard InChI is InChI=1S/C13H16N2O/c14-8-11-3-1-4-12(7-11)9-15-10-13-5-2-6-16-13/h1,3-4,7,13,15H,2,5-6,9-10H2. The van der Waals surface area contributed by atoms with E-state index in [1.807, 2.05) is 24.3 Å². The molecule has 0 aromatic heterocycles. The van der Waals surface area contributed by atoms with Crippen LogP contribution in [0.15, 0.2) is 24.3 Å². The molecule has 1 aromatic rings. The molecule has 1 aliphatic rings. The first-order chi connectivity index (χ1) is 7.88. The summed E-state index contributed by atoms with van der Waals surface area (Å²) in [4.78, 5) is 0. The van der Waals surface area contributed by atoms with Crippen molar-refractivity contribution in [1.82, 2.24) is 5.32 Å². The maximum Gasteiger partial charge on any atom is 0.0991 e. The summed E-state index contributed by atoms with van der Waals surface area (Å²) in [6, 6.07) is 9.84. The van der Waals surface area contributed by atoms with Crippen molar-refractivity contribution in [2.75, 3.05) is 13.2 Å². The Morgan fingerprint density at radius 1 is 1.50 bits per heavy atom. The van der Waals surface area contributed by atoms with Crippen molar-refractivity contribution in [3.63, 3.8) is 0 Å². The number of nitrogens with one attached hydrogen (secondary N) is 1. The van der Waals surface area contributed by atoms with Gasteiger partial charge in [0.05, 0.1) is 17.7 Å². The Morgan fingerprint density at radius 3 is 3.19 bits per heavy atom. The van der Waals surface area contributed by atoms with Crippen LogP contribution in [0.5, 0.6) is 0 Å². The predicted molar refractivity (Wildman–Crippen MR) is 61.8 cm³/mol. The molecule has 1 fully saturated rings. The summed E-state index contributed by atoms with van der Waals surface area (Å²) in [5.41, 5.74) is 1.87. The Hall–Kier alpha value is -1.37. The first kappa shape index (κ1) is 11.1. The van der Waals surface area contributed by atoms with E-state index in [1.165, 1.54) is 6.42 Å². The fourth-order valence-electron chi connectivity index (χ4n) is 1.93. The van der Waals surface area contributed by atoms with Gasteiger partial charge in [-0.2, -0.15) is 5.26 Å². The van der Waals surface area contributed by atoms with Crippen LogP contribution in [0.1, 0.15) is 24.0 Å². The monoisotopic (exact) mass is 216 g/mol. The summed E-state index contributed by atoms with van der Waals surface area (Å²) < 4.78 is 5.52. The Kier molecular flexibility index (Phi) is 3.92. The molecule has 0 bridgehead atoms. The summed E-state index contributed by atoms with van der Waals surface area (Å²) in [5.74, 6) is 0. The molecule has 1 N–H and O–H groups in total. The summed E-state index contributed by atoms with van der Waals surface area (Å²) in [7, 11) is 0. The normalized spacial score (nSPS) is 19.6. The van der Waals surface area contributed by atoms with Gasteiger partial charge in [0.15, 0.2) is 0 Å². The van der Waals surface area contributed by atoms with Crippen LogP contribution in [0.2, 0.25) is 0 Å². The second-order valence-electron chi connectivity index (χ2n) is 4.08. The van der Waals surface area contributed by atoms with E-state index in [2.05, 4.69) is 11.4 Å². The SMILES string of the molecule is N#Cc1cccc(CNCC2CCCO2)c1. The van der Waals surface area contributed by atoms with E-state index in [-0.39, 0.29) is 0 Å². The number of nitrogens with zero attached hydrogens (tertiary/aromatic N) is 1.